The first-order chi connectivity index (χ1) is 8.99. The largest absolute Gasteiger partial charge is 0.394 e. The minimum Gasteiger partial charge on any atom is -0.394 e. The van der Waals surface area contributed by atoms with Crippen LogP contribution in [0, 0.1) is 6.92 Å². The molecule has 1 saturated heterocycles. The fraction of sp³-hybridized carbons (Fsp3) is 0.636. The first-order valence-corrected chi connectivity index (χ1v) is 5.82. The predicted molar refractivity (Wildman–Crippen MR) is 65.4 cm³/mol. The van der Waals surface area contributed by atoms with Crippen molar-refractivity contribution in [2.24, 2.45) is 0 Å². The summed E-state index contributed by atoms with van der Waals surface area (Å²) in [6.07, 6.45) is -1.95. The number of hydrogen-bond donors (Lipinski definition) is 3. The van der Waals surface area contributed by atoms with Crippen LogP contribution in [0.15, 0.2) is 11.0 Å². The van der Waals surface area contributed by atoms with E-state index >= 15 is 0 Å². The fourth-order valence-electron chi connectivity index (χ4n) is 2.11. The van der Waals surface area contributed by atoms with E-state index in [0.717, 1.165) is 0 Å². The molecule has 1 aliphatic rings. The van der Waals surface area contributed by atoms with E-state index in [1.165, 1.54) is 17.9 Å². The molecule has 1 aliphatic heterocycles. The summed E-state index contributed by atoms with van der Waals surface area (Å²) in [5.41, 5.74) is 5.56. The molecule has 0 aliphatic carbocycles. The van der Waals surface area contributed by atoms with Crippen molar-refractivity contribution in [2.45, 2.75) is 31.5 Å². The molecule has 0 aromatic carbocycles. The van der Waals surface area contributed by atoms with Gasteiger partial charge in [0.15, 0.2) is 6.23 Å². The van der Waals surface area contributed by atoms with Gasteiger partial charge < -0.3 is 25.4 Å². The molecule has 0 bridgehead atoms. The highest BCUT2D eigenvalue weighted by molar-refractivity contribution is 5.35. The number of anilines is 1. The molecule has 0 spiro atoms. The van der Waals surface area contributed by atoms with E-state index in [0.29, 0.717) is 5.56 Å². The van der Waals surface area contributed by atoms with Crippen LogP contribution in [0.5, 0.6) is 0 Å². The molecule has 106 valence electrons. The Morgan fingerprint density at radius 3 is 2.89 bits per heavy atom. The van der Waals surface area contributed by atoms with Crippen LogP contribution < -0.4 is 11.4 Å². The Bertz CT molecular complexity index is 518. The van der Waals surface area contributed by atoms with Crippen LogP contribution in [-0.2, 0) is 9.47 Å². The second kappa shape index (κ2) is 5.25. The van der Waals surface area contributed by atoms with Crippen molar-refractivity contribution in [1.29, 1.82) is 0 Å². The molecule has 0 radical (unpaired) electrons. The van der Waals surface area contributed by atoms with E-state index in [-0.39, 0.29) is 12.4 Å². The minimum atomic E-state index is -1.02. The molecule has 1 aromatic heterocycles. The Labute approximate surface area is 109 Å². The van der Waals surface area contributed by atoms with E-state index in [1.807, 2.05) is 0 Å². The maximum absolute atomic E-state index is 11.8. The molecule has 1 fully saturated rings. The molecule has 8 heteroatoms. The first-order valence-electron chi connectivity index (χ1n) is 5.82. The van der Waals surface area contributed by atoms with Crippen LogP contribution >= 0.6 is 0 Å². The molecular weight excluding hydrogens is 254 g/mol. The van der Waals surface area contributed by atoms with Crippen molar-refractivity contribution in [3.05, 3.63) is 22.2 Å². The molecule has 4 N–H and O–H groups in total. The quantitative estimate of drug-likeness (QED) is 0.605. The molecule has 1 aromatic rings. The first kappa shape index (κ1) is 13.9. The van der Waals surface area contributed by atoms with Crippen LogP contribution in [-0.4, -0.2) is 51.8 Å². The lowest BCUT2D eigenvalue weighted by atomic mass is 10.1. The number of aromatic nitrogens is 2. The second-order valence-corrected chi connectivity index (χ2v) is 4.44. The van der Waals surface area contributed by atoms with Gasteiger partial charge in [0.25, 0.3) is 0 Å². The Kier molecular flexibility index (Phi) is 3.85. The normalized spacial score (nSPS) is 30.7. The summed E-state index contributed by atoms with van der Waals surface area (Å²) in [5, 5.41) is 19.0. The standard InChI is InChI=1S/C11H17N3O5/c1-5-3-14(11(17)13-9(5)12)10-8(18-2)7(16)6(4-15)19-10/h3,6-8,10,15-16H,4H2,1-2H3,(H2,12,13,17)/t6-,7?,8+,10-/m1/s1. The summed E-state index contributed by atoms with van der Waals surface area (Å²) in [7, 11) is 1.40. The average molecular weight is 271 g/mol. The number of hydrogen-bond acceptors (Lipinski definition) is 7. The molecule has 1 unspecified atom stereocenters. The van der Waals surface area contributed by atoms with Gasteiger partial charge in [-0.3, -0.25) is 4.57 Å². The molecule has 8 nitrogen and oxygen atoms in total. The summed E-state index contributed by atoms with van der Waals surface area (Å²) >= 11 is 0. The van der Waals surface area contributed by atoms with E-state index in [2.05, 4.69) is 4.98 Å². The topological polar surface area (TPSA) is 120 Å². The zero-order chi connectivity index (χ0) is 14.2. The van der Waals surface area contributed by atoms with Gasteiger partial charge in [0, 0.05) is 18.9 Å². The lowest BCUT2D eigenvalue weighted by molar-refractivity contribution is -0.0625. The Hall–Kier alpha value is -1.48. The van der Waals surface area contributed by atoms with Crippen LogP contribution in [0.25, 0.3) is 0 Å². The number of nitrogens with zero attached hydrogens (tertiary/aromatic N) is 2. The van der Waals surface area contributed by atoms with Crippen LogP contribution in [0.1, 0.15) is 11.8 Å². The zero-order valence-electron chi connectivity index (χ0n) is 10.7. The number of ether oxygens (including phenoxy) is 2. The highest BCUT2D eigenvalue weighted by Gasteiger charge is 2.45. The molecule has 2 heterocycles. The van der Waals surface area contributed by atoms with Gasteiger partial charge in [-0.05, 0) is 6.92 Å². The van der Waals surface area contributed by atoms with Crippen molar-refractivity contribution >= 4 is 5.82 Å². The Balaban J connectivity index is 2.41. The molecule has 19 heavy (non-hydrogen) atoms. The number of rotatable bonds is 3. The smallest absolute Gasteiger partial charge is 0.351 e. The predicted octanol–water partition coefficient (Wildman–Crippen LogP) is -1.60. The Morgan fingerprint density at radius 1 is 1.63 bits per heavy atom. The Morgan fingerprint density at radius 2 is 2.32 bits per heavy atom. The highest BCUT2D eigenvalue weighted by Crippen LogP contribution is 2.30. The number of aliphatic hydroxyl groups excluding tert-OH is 2. The SMILES string of the molecule is CO[C@H]1C(O)[C@@H](CO)O[C@H]1n1cc(C)c(N)nc1=O. The van der Waals surface area contributed by atoms with Gasteiger partial charge in [-0.2, -0.15) is 4.98 Å². The average Bonchev–Trinajstić information content (AvgIpc) is 2.70. The van der Waals surface area contributed by atoms with Crippen molar-refractivity contribution in [2.75, 3.05) is 19.5 Å². The van der Waals surface area contributed by atoms with E-state index in [4.69, 9.17) is 20.3 Å². The monoisotopic (exact) mass is 271 g/mol. The third-order valence-corrected chi connectivity index (χ3v) is 3.21. The van der Waals surface area contributed by atoms with Crippen molar-refractivity contribution < 1.29 is 19.7 Å². The van der Waals surface area contributed by atoms with Gasteiger partial charge >= 0.3 is 5.69 Å². The maximum Gasteiger partial charge on any atom is 0.351 e. The van der Waals surface area contributed by atoms with E-state index in [9.17, 15) is 9.90 Å². The van der Waals surface area contributed by atoms with E-state index in [1.54, 1.807) is 6.92 Å². The number of nitrogens with two attached hydrogens (primary N) is 1. The molecule has 0 amide bonds. The molecule has 2 rings (SSSR count). The van der Waals surface area contributed by atoms with Gasteiger partial charge in [-0.25, -0.2) is 4.79 Å². The lowest BCUT2D eigenvalue weighted by Crippen LogP contribution is -2.37. The second-order valence-electron chi connectivity index (χ2n) is 4.44. The molecule has 4 atom stereocenters. The highest BCUT2D eigenvalue weighted by atomic mass is 16.6. The van der Waals surface area contributed by atoms with Gasteiger partial charge in [0.1, 0.15) is 24.1 Å². The summed E-state index contributed by atoms with van der Waals surface area (Å²) in [6, 6.07) is 0. The maximum atomic E-state index is 11.8. The van der Waals surface area contributed by atoms with Gasteiger partial charge in [-0.15, -0.1) is 0 Å². The number of nitrogen functional groups attached to an aromatic ring is 1. The third kappa shape index (κ3) is 2.35. The third-order valence-electron chi connectivity index (χ3n) is 3.21. The van der Waals surface area contributed by atoms with Crippen LogP contribution in [0.4, 0.5) is 5.82 Å². The molecule has 0 saturated carbocycles. The summed E-state index contributed by atoms with van der Waals surface area (Å²) < 4.78 is 11.8. The lowest BCUT2D eigenvalue weighted by Gasteiger charge is -2.20. The number of aryl methyl sites for hydroxylation is 1. The van der Waals surface area contributed by atoms with Crippen LogP contribution in [0.3, 0.4) is 0 Å². The summed E-state index contributed by atoms with van der Waals surface area (Å²) in [4.78, 5) is 15.5. The van der Waals surface area contributed by atoms with Gasteiger partial charge in [-0.1, -0.05) is 0 Å². The number of aliphatic hydroxyl groups is 2. The van der Waals surface area contributed by atoms with Crippen molar-refractivity contribution in [1.82, 2.24) is 9.55 Å². The van der Waals surface area contributed by atoms with Crippen LogP contribution in [0.2, 0.25) is 0 Å². The summed E-state index contributed by atoms with van der Waals surface area (Å²) in [6.45, 7) is 1.34. The van der Waals surface area contributed by atoms with Crippen molar-refractivity contribution in [3.8, 4) is 0 Å². The molecular formula is C11H17N3O5. The van der Waals surface area contributed by atoms with Crippen molar-refractivity contribution in [3.63, 3.8) is 0 Å². The minimum absolute atomic E-state index is 0.146. The number of methoxy groups -OCH3 is 1. The zero-order valence-corrected chi connectivity index (χ0v) is 10.7. The fourth-order valence-corrected chi connectivity index (χ4v) is 2.11. The van der Waals surface area contributed by atoms with Gasteiger partial charge in [0.05, 0.1) is 6.61 Å². The summed E-state index contributed by atoms with van der Waals surface area (Å²) in [5.74, 6) is 0.146. The van der Waals surface area contributed by atoms with Gasteiger partial charge in [0.2, 0.25) is 0 Å². The van der Waals surface area contributed by atoms with E-state index < -0.39 is 30.2 Å².